The minimum Gasteiger partial charge on any atom is -0.396 e. The lowest BCUT2D eigenvalue weighted by Gasteiger charge is -2.31. The van der Waals surface area contributed by atoms with Crippen LogP contribution in [0.3, 0.4) is 0 Å². The van der Waals surface area contributed by atoms with Gasteiger partial charge in [0.25, 0.3) is 0 Å². The van der Waals surface area contributed by atoms with Crippen LogP contribution in [0.2, 0.25) is 0 Å². The van der Waals surface area contributed by atoms with E-state index in [0.717, 1.165) is 12.8 Å². The maximum absolute atomic E-state index is 9.67. The van der Waals surface area contributed by atoms with Crippen LogP contribution >= 0.6 is 0 Å². The molecule has 1 saturated carbocycles. The van der Waals surface area contributed by atoms with Crippen molar-refractivity contribution in [1.29, 1.82) is 0 Å². The monoisotopic (exact) mass is 168 g/mol. The Kier molecular flexibility index (Phi) is 2.76. The first-order chi connectivity index (χ1) is 5.65. The molecule has 0 heterocycles. The Bertz CT molecular complexity index is 195. The van der Waals surface area contributed by atoms with E-state index in [1.54, 1.807) is 0 Å². The second-order valence-electron chi connectivity index (χ2n) is 3.86. The van der Waals surface area contributed by atoms with Crippen molar-refractivity contribution in [1.82, 2.24) is 0 Å². The number of aliphatic hydroxyl groups excluding tert-OH is 2. The largest absolute Gasteiger partial charge is 0.396 e. The molecule has 3 atom stereocenters. The molecule has 1 aliphatic rings. The molecule has 0 amide bonds. The van der Waals surface area contributed by atoms with Crippen LogP contribution in [0, 0.1) is 23.7 Å². The molecule has 1 aliphatic carbocycles. The van der Waals surface area contributed by atoms with Gasteiger partial charge in [-0.25, -0.2) is 0 Å². The van der Waals surface area contributed by atoms with Gasteiger partial charge in [0.05, 0.1) is 6.10 Å². The third kappa shape index (κ3) is 1.35. The van der Waals surface area contributed by atoms with E-state index >= 15 is 0 Å². The topological polar surface area (TPSA) is 40.5 Å². The maximum atomic E-state index is 9.67. The molecule has 1 fully saturated rings. The molecule has 0 aromatic heterocycles. The quantitative estimate of drug-likeness (QED) is 0.598. The summed E-state index contributed by atoms with van der Waals surface area (Å²) in [5, 5.41) is 18.7. The van der Waals surface area contributed by atoms with Gasteiger partial charge in [0.15, 0.2) is 0 Å². The lowest BCUT2D eigenvalue weighted by molar-refractivity contribution is 0.0248. The van der Waals surface area contributed by atoms with E-state index in [9.17, 15) is 5.11 Å². The summed E-state index contributed by atoms with van der Waals surface area (Å²) in [5.74, 6) is 2.74. The average Bonchev–Trinajstić information content (AvgIpc) is 2.30. The number of hydrogen-bond acceptors (Lipinski definition) is 2. The van der Waals surface area contributed by atoms with Crippen LogP contribution in [0.1, 0.15) is 26.2 Å². The summed E-state index contributed by atoms with van der Waals surface area (Å²) in [6.45, 7) is 2.10. The smallest absolute Gasteiger partial charge is 0.0606 e. The first-order valence-corrected chi connectivity index (χ1v) is 4.37. The van der Waals surface area contributed by atoms with Crippen molar-refractivity contribution in [2.45, 2.75) is 32.3 Å². The lowest BCUT2D eigenvalue weighted by Crippen LogP contribution is -2.33. The Morgan fingerprint density at radius 3 is 2.75 bits per heavy atom. The Labute approximate surface area is 73.6 Å². The standard InChI is InChI=1S/C10H16O2/c1-3-6-10(2)8(7-11)4-5-9(10)12/h1,8-9,11-12H,4-7H2,2H3/t8-,9-,10-/m0/s1. The molecule has 0 aromatic rings. The van der Waals surface area contributed by atoms with Gasteiger partial charge in [-0.1, -0.05) is 6.92 Å². The minimum atomic E-state index is -0.342. The van der Waals surface area contributed by atoms with Crippen molar-refractivity contribution in [3.8, 4) is 12.3 Å². The molecule has 0 radical (unpaired) electrons. The summed E-state index contributed by atoms with van der Waals surface area (Å²) < 4.78 is 0. The highest BCUT2D eigenvalue weighted by Crippen LogP contribution is 2.45. The van der Waals surface area contributed by atoms with Gasteiger partial charge in [-0.3, -0.25) is 0 Å². The zero-order chi connectivity index (χ0) is 9.19. The second kappa shape index (κ2) is 3.47. The first-order valence-electron chi connectivity index (χ1n) is 4.37. The summed E-state index contributed by atoms with van der Waals surface area (Å²) in [4.78, 5) is 0. The van der Waals surface area contributed by atoms with E-state index in [1.165, 1.54) is 0 Å². The molecule has 0 saturated heterocycles. The third-order valence-electron chi connectivity index (χ3n) is 3.19. The molecule has 0 aliphatic heterocycles. The molecule has 12 heavy (non-hydrogen) atoms. The van der Waals surface area contributed by atoms with Crippen molar-refractivity contribution in [3.63, 3.8) is 0 Å². The van der Waals surface area contributed by atoms with Crippen molar-refractivity contribution < 1.29 is 10.2 Å². The number of aliphatic hydroxyl groups is 2. The van der Waals surface area contributed by atoms with Gasteiger partial charge in [-0.2, -0.15) is 0 Å². The maximum Gasteiger partial charge on any atom is 0.0606 e. The summed E-state index contributed by atoms with van der Waals surface area (Å²) in [6.07, 6.45) is 7.09. The Balaban J connectivity index is 2.75. The molecule has 0 aromatic carbocycles. The Morgan fingerprint density at radius 1 is 1.58 bits per heavy atom. The van der Waals surface area contributed by atoms with Gasteiger partial charge in [0, 0.05) is 18.4 Å². The van der Waals surface area contributed by atoms with E-state index in [0.29, 0.717) is 6.42 Å². The fourth-order valence-electron chi connectivity index (χ4n) is 2.07. The summed E-state index contributed by atoms with van der Waals surface area (Å²) >= 11 is 0. The highest BCUT2D eigenvalue weighted by molar-refractivity contribution is 5.02. The molecule has 1 rings (SSSR count). The fourth-order valence-corrected chi connectivity index (χ4v) is 2.07. The minimum absolute atomic E-state index is 0.134. The first kappa shape index (κ1) is 9.57. The predicted molar refractivity (Wildman–Crippen MR) is 47.4 cm³/mol. The summed E-state index contributed by atoms with van der Waals surface area (Å²) in [6, 6.07) is 0. The van der Waals surface area contributed by atoms with Gasteiger partial charge in [0.2, 0.25) is 0 Å². The molecular formula is C10H16O2. The van der Waals surface area contributed by atoms with Crippen LogP contribution in [0.15, 0.2) is 0 Å². The molecule has 2 heteroatoms. The van der Waals surface area contributed by atoms with Crippen LogP contribution in [0.25, 0.3) is 0 Å². The van der Waals surface area contributed by atoms with Crippen molar-refractivity contribution >= 4 is 0 Å². The van der Waals surface area contributed by atoms with E-state index < -0.39 is 0 Å². The molecule has 0 unspecified atom stereocenters. The Morgan fingerprint density at radius 2 is 2.25 bits per heavy atom. The molecule has 0 bridgehead atoms. The van der Waals surface area contributed by atoms with E-state index in [1.807, 2.05) is 6.92 Å². The second-order valence-corrected chi connectivity index (χ2v) is 3.86. The highest BCUT2D eigenvalue weighted by Gasteiger charge is 2.44. The third-order valence-corrected chi connectivity index (χ3v) is 3.19. The molecule has 0 spiro atoms. The van der Waals surface area contributed by atoms with Gasteiger partial charge in [-0.15, -0.1) is 12.3 Å². The average molecular weight is 168 g/mol. The van der Waals surface area contributed by atoms with Crippen LogP contribution in [0.5, 0.6) is 0 Å². The summed E-state index contributed by atoms with van der Waals surface area (Å²) in [5.41, 5.74) is -0.260. The highest BCUT2D eigenvalue weighted by atomic mass is 16.3. The van der Waals surface area contributed by atoms with Gasteiger partial charge in [-0.05, 0) is 18.8 Å². The zero-order valence-corrected chi connectivity index (χ0v) is 7.45. The molecular weight excluding hydrogens is 152 g/mol. The van der Waals surface area contributed by atoms with Crippen LogP contribution in [-0.2, 0) is 0 Å². The number of hydrogen-bond donors (Lipinski definition) is 2. The zero-order valence-electron chi connectivity index (χ0n) is 7.45. The van der Waals surface area contributed by atoms with Gasteiger partial charge in [0.1, 0.15) is 0 Å². The van der Waals surface area contributed by atoms with Crippen molar-refractivity contribution in [3.05, 3.63) is 0 Å². The molecule has 2 nitrogen and oxygen atoms in total. The fraction of sp³-hybridized carbons (Fsp3) is 0.800. The predicted octanol–water partition coefficient (Wildman–Crippen LogP) is 0.779. The lowest BCUT2D eigenvalue weighted by atomic mass is 9.76. The SMILES string of the molecule is C#CC[C@@]1(C)[C@H](CO)CC[C@@H]1O. The summed E-state index contributed by atoms with van der Waals surface area (Å²) in [7, 11) is 0. The number of terminal acetylenes is 1. The molecule has 68 valence electrons. The van der Waals surface area contributed by atoms with E-state index in [4.69, 9.17) is 11.5 Å². The van der Waals surface area contributed by atoms with Crippen molar-refractivity contribution in [2.75, 3.05) is 6.61 Å². The van der Waals surface area contributed by atoms with Gasteiger partial charge < -0.3 is 10.2 Å². The van der Waals surface area contributed by atoms with Gasteiger partial charge >= 0.3 is 0 Å². The van der Waals surface area contributed by atoms with Crippen molar-refractivity contribution in [2.24, 2.45) is 11.3 Å². The van der Waals surface area contributed by atoms with Crippen LogP contribution < -0.4 is 0 Å². The molecule has 2 N–H and O–H groups in total. The number of rotatable bonds is 2. The Hall–Kier alpha value is -0.520. The van der Waals surface area contributed by atoms with Crippen LogP contribution in [-0.4, -0.2) is 22.9 Å². The van der Waals surface area contributed by atoms with E-state index in [-0.39, 0.29) is 24.0 Å². The van der Waals surface area contributed by atoms with Crippen LogP contribution in [0.4, 0.5) is 0 Å². The van der Waals surface area contributed by atoms with E-state index in [2.05, 4.69) is 5.92 Å². The normalized spacial score (nSPS) is 41.2.